The van der Waals surface area contributed by atoms with Gasteiger partial charge in [0, 0.05) is 6.42 Å². The SMILES string of the molecule is COC(=O)C1CCCc2c(C(=O)O)nc(CC(C)(C)C)n21. The van der Waals surface area contributed by atoms with E-state index in [0.717, 1.165) is 6.42 Å². The predicted molar refractivity (Wildman–Crippen MR) is 76.3 cm³/mol. The summed E-state index contributed by atoms with van der Waals surface area (Å²) in [6.07, 6.45) is 2.67. The molecular weight excluding hydrogens is 272 g/mol. The lowest BCUT2D eigenvalue weighted by Gasteiger charge is -2.27. The molecule has 21 heavy (non-hydrogen) atoms. The molecule has 6 nitrogen and oxygen atoms in total. The van der Waals surface area contributed by atoms with E-state index < -0.39 is 12.0 Å². The van der Waals surface area contributed by atoms with Gasteiger partial charge in [-0.2, -0.15) is 0 Å². The number of esters is 1. The first kappa shape index (κ1) is 15.5. The third-order valence-electron chi connectivity index (χ3n) is 3.65. The second kappa shape index (κ2) is 5.50. The van der Waals surface area contributed by atoms with Crippen LogP contribution in [0.2, 0.25) is 0 Å². The van der Waals surface area contributed by atoms with Crippen LogP contribution >= 0.6 is 0 Å². The number of nitrogens with zero attached hydrogens (tertiary/aromatic N) is 2. The van der Waals surface area contributed by atoms with E-state index in [9.17, 15) is 14.7 Å². The maximum Gasteiger partial charge on any atom is 0.356 e. The zero-order valence-electron chi connectivity index (χ0n) is 13.0. The monoisotopic (exact) mass is 294 g/mol. The number of carbonyl (C=O) groups is 2. The Morgan fingerprint density at radius 3 is 2.62 bits per heavy atom. The summed E-state index contributed by atoms with van der Waals surface area (Å²) in [5.74, 6) is -0.713. The van der Waals surface area contributed by atoms with Crippen molar-refractivity contribution in [1.29, 1.82) is 0 Å². The Morgan fingerprint density at radius 1 is 1.43 bits per heavy atom. The van der Waals surface area contributed by atoms with E-state index in [-0.39, 0.29) is 17.1 Å². The van der Waals surface area contributed by atoms with Crippen molar-refractivity contribution in [2.75, 3.05) is 7.11 Å². The fraction of sp³-hybridized carbons (Fsp3) is 0.667. The molecule has 0 aliphatic carbocycles. The largest absolute Gasteiger partial charge is 0.476 e. The Hall–Kier alpha value is -1.85. The highest BCUT2D eigenvalue weighted by molar-refractivity contribution is 5.87. The third-order valence-corrected chi connectivity index (χ3v) is 3.65. The third kappa shape index (κ3) is 3.09. The van der Waals surface area contributed by atoms with Crippen LogP contribution in [0.3, 0.4) is 0 Å². The molecule has 0 bridgehead atoms. The first-order valence-corrected chi connectivity index (χ1v) is 7.15. The highest BCUT2D eigenvalue weighted by Gasteiger charge is 2.34. The minimum Gasteiger partial charge on any atom is -0.476 e. The van der Waals surface area contributed by atoms with Crippen molar-refractivity contribution >= 4 is 11.9 Å². The minimum absolute atomic E-state index is 0.0456. The van der Waals surface area contributed by atoms with Crippen molar-refractivity contribution in [2.24, 2.45) is 5.41 Å². The van der Waals surface area contributed by atoms with Gasteiger partial charge in [0.25, 0.3) is 0 Å². The van der Waals surface area contributed by atoms with E-state index in [1.54, 1.807) is 4.57 Å². The van der Waals surface area contributed by atoms with Gasteiger partial charge in [0.15, 0.2) is 5.69 Å². The quantitative estimate of drug-likeness (QED) is 0.864. The molecule has 0 fully saturated rings. The van der Waals surface area contributed by atoms with Crippen LogP contribution in [0.4, 0.5) is 0 Å². The van der Waals surface area contributed by atoms with Crippen molar-refractivity contribution < 1.29 is 19.4 Å². The summed E-state index contributed by atoms with van der Waals surface area (Å²) in [5.41, 5.74) is 0.669. The van der Waals surface area contributed by atoms with Crippen LogP contribution in [0, 0.1) is 5.41 Å². The zero-order valence-corrected chi connectivity index (χ0v) is 13.0. The summed E-state index contributed by atoms with van der Waals surface area (Å²) in [6.45, 7) is 6.18. The van der Waals surface area contributed by atoms with Gasteiger partial charge in [-0.25, -0.2) is 14.6 Å². The normalized spacial score (nSPS) is 18.2. The molecule has 2 rings (SSSR count). The van der Waals surface area contributed by atoms with Gasteiger partial charge in [-0.1, -0.05) is 20.8 Å². The number of carboxylic acid groups (broad SMARTS) is 1. The number of rotatable bonds is 3. The summed E-state index contributed by atoms with van der Waals surface area (Å²) >= 11 is 0. The number of hydrogen-bond donors (Lipinski definition) is 1. The highest BCUT2D eigenvalue weighted by Crippen LogP contribution is 2.32. The molecule has 1 aliphatic heterocycles. The maximum atomic E-state index is 12.0. The van der Waals surface area contributed by atoms with Crippen LogP contribution < -0.4 is 0 Å². The number of aromatic nitrogens is 2. The molecule has 1 aromatic heterocycles. The van der Waals surface area contributed by atoms with Crippen LogP contribution in [0.1, 0.15) is 61.7 Å². The predicted octanol–water partition coefficient (Wildman–Crippen LogP) is 2.22. The number of carbonyl (C=O) groups excluding carboxylic acids is 1. The van der Waals surface area contributed by atoms with Crippen molar-refractivity contribution in [3.63, 3.8) is 0 Å². The standard InChI is InChI=1S/C15H22N2O4/c1-15(2,3)8-11-16-12(13(18)19)9-6-5-7-10(17(9)11)14(20)21-4/h10H,5-8H2,1-4H3,(H,18,19). The van der Waals surface area contributed by atoms with Crippen molar-refractivity contribution in [3.05, 3.63) is 17.2 Å². The molecule has 0 saturated carbocycles. The summed E-state index contributed by atoms with van der Waals surface area (Å²) in [5, 5.41) is 9.34. The van der Waals surface area contributed by atoms with Crippen LogP contribution in [-0.4, -0.2) is 33.7 Å². The van der Waals surface area contributed by atoms with E-state index in [4.69, 9.17) is 4.74 Å². The van der Waals surface area contributed by atoms with Gasteiger partial charge >= 0.3 is 11.9 Å². The van der Waals surface area contributed by atoms with Gasteiger partial charge < -0.3 is 14.4 Å². The van der Waals surface area contributed by atoms with Gasteiger partial charge in [0.1, 0.15) is 11.9 Å². The van der Waals surface area contributed by atoms with Crippen molar-refractivity contribution in [1.82, 2.24) is 9.55 Å². The van der Waals surface area contributed by atoms with Crippen LogP contribution in [-0.2, 0) is 22.4 Å². The van der Waals surface area contributed by atoms with Gasteiger partial charge in [-0.15, -0.1) is 0 Å². The molecule has 0 saturated heterocycles. The molecule has 1 unspecified atom stereocenters. The van der Waals surface area contributed by atoms with E-state index >= 15 is 0 Å². The molecule has 0 radical (unpaired) electrons. The Labute approximate surface area is 124 Å². The highest BCUT2D eigenvalue weighted by atomic mass is 16.5. The topological polar surface area (TPSA) is 81.4 Å². The van der Waals surface area contributed by atoms with Crippen LogP contribution in [0.15, 0.2) is 0 Å². The fourth-order valence-electron chi connectivity index (χ4n) is 2.85. The van der Waals surface area contributed by atoms with Crippen LogP contribution in [0.5, 0.6) is 0 Å². The fourth-order valence-corrected chi connectivity index (χ4v) is 2.85. The summed E-state index contributed by atoms with van der Waals surface area (Å²) in [7, 11) is 1.36. The van der Waals surface area contributed by atoms with E-state index in [1.807, 2.05) is 0 Å². The lowest BCUT2D eigenvalue weighted by Crippen LogP contribution is -2.29. The summed E-state index contributed by atoms with van der Waals surface area (Å²) in [4.78, 5) is 27.7. The first-order valence-electron chi connectivity index (χ1n) is 7.15. The number of hydrogen-bond acceptors (Lipinski definition) is 4. The van der Waals surface area contributed by atoms with Gasteiger partial charge in [0.2, 0.25) is 0 Å². The number of aromatic carboxylic acids is 1. The molecule has 1 aliphatic rings. The Kier molecular flexibility index (Phi) is 4.07. The van der Waals surface area contributed by atoms with E-state index in [2.05, 4.69) is 25.8 Å². The number of ether oxygens (including phenoxy) is 1. The number of methoxy groups -OCH3 is 1. The molecule has 6 heteroatoms. The second-order valence-corrected chi connectivity index (χ2v) is 6.67. The molecule has 0 spiro atoms. The van der Waals surface area contributed by atoms with Crippen molar-refractivity contribution in [3.8, 4) is 0 Å². The lowest BCUT2D eigenvalue weighted by atomic mass is 9.91. The molecule has 0 aromatic carbocycles. The Morgan fingerprint density at radius 2 is 2.10 bits per heavy atom. The Balaban J connectivity index is 2.55. The van der Waals surface area contributed by atoms with Gasteiger partial charge in [-0.05, 0) is 24.7 Å². The second-order valence-electron chi connectivity index (χ2n) is 6.67. The number of imidazole rings is 1. The number of fused-ring (bicyclic) bond motifs is 1. The van der Waals surface area contributed by atoms with Gasteiger partial charge in [0.05, 0.1) is 12.8 Å². The summed E-state index contributed by atoms with van der Waals surface area (Å²) in [6, 6.07) is -0.461. The zero-order chi connectivity index (χ0) is 15.8. The van der Waals surface area contributed by atoms with Crippen molar-refractivity contribution in [2.45, 2.75) is 52.5 Å². The smallest absolute Gasteiger partial charge is 0.356 e. The van der Waals surface area contributed by atoms with E-state index in [0.29, 0.717) is 30.8 Å². The Bertz CT molecular complexity index is 569. The van der Waals surface area contributed by atoms with E-state index in [1.165, 1.54) is 7.11 Å². The molecule has 0 amide bonds. The summed E-state index contributed by atoms with van der Waals surface area (Å²) < 4.78 is 6.66. The molecule has 1 aromatic rings. The minimum atomic E-state index is -1.04. The lowest BCUT2D eigenvalue weighted by molar-refractivity contribution is -0.145. The molecule has 2 heterocycles. The molecule has 1 atom stereocenters. The first-order chi connectivity index (χ1) is 9.74. The van der Waals surface area contributed by atoms with Crippen LogP contribution in [0.25, 0.3) is 0 Å². The molecular formula is C15H22N2O4. The van der Waals surface area contributed by atoms with Gasteiger partial charge in [-0.3, -0.25) is 0 Å². The number of carboxylic acids is 1. The average Bonchev–Trinajstić information content (AvgIpc) is 2.75. The molecule has 116 valence electrons. The maximum absolute atomic E-state index is 12.0. The average molecular weight is 294 g/mol. The molecule has 1 N–H and O–H groups in total.